The second-order valence-electron chi connectivity index (χ2n) is 3.11. The minimum Gasteiger partial charge on any atom is -0.360 e. The Bertz CT molecular complexity index is 223. The van der Waals surface area contributed by atoms with Crippen LogP contribution < -0.4 is 10.6 Å². The van der Waals surface area contributed by atoms with Crippen LogP contribution in [-0.2, 0) is 0 Å². The summed E-state index contributed by atoms with van der Waals surface area (Å²) in [5.74, 6) is 1.03. The van der Waals surface area contributed by atoms with E-state index in [1.54, 1.807) is 0 Å². The molecule has 0 aliphatic carbocycles. The third kappa shape index (κ3) is 3.42. The Balaban J connectivity index is 2.35. The lowest BCUT2D eigenvalue weighted by Crippen LogP contribution is -2.20. The zero-order chi connectivity index (χ0) is 9.52. The Hall–Kier alpha value is -1.09. The molecule has 0 aliphatic rings. The number of rotatable bonds is 5. The standard InChI is InChI=1S/C10H17N3/c1-13(9-5-3-7-11)10-6-2-4-8-12-10/h2,4,6,8H,3,5,7,9,11H2,1H3. The van der Waals surface area contributed by atoms with Gasteiger partial charge in [-0.1, -0.05) is 6.07 Å². The van der Waals surface area contributed by atoms with E-state index in [1.165, 1.54) is 0 Å². The minimum atomic E-state index is 0.774. The molecule has 1 aromatic heterocycles. The monoisotopic (exact) mass is 179 g/mol. The van der Waals surface area contributed by atoms with Crippen molar-refractivity contribution in [1.29, 1.82) is 0 Å². The van der Waals surface area contributed by atoms with Crippen LogP contribution in [0.25, 0.3) is 0 Å². The average Bonchev–Trinajstić information content (AvgIpc) is 2.19. The van der Waals surface area contributed by atoms with Gasteiger partial charge in [-0.25, -0.2) is 4.98 Å². The summed E-state index contributed by atoms with van der Waals surface area (Å²) in [7, 11) is 2.05. The topological polar surface area (TPSA) is 42.1 Å². The van der Waals surface area contributed by atoms with E-state index in [2.05, 4.69) is 16.9 Å². The molecule has 0 saturated heterocycles. The van der Waals surface area contributed by atoms with Crippen molar-refractivity contribution in [1.82, 2.24) is 4.98 Å². The summed E-state index contributed by atoms with van der Waals surface area (Å²) in [5.41, 5.74) is 5.42. The molecular weight excluding hydrogens is 162 g/mol. The fraction of sp³-hybridized carbons (Fsp3) is 0.500. The molecule has 3 heteroatoms. The van der Waals surface area contributed by atoms with E-state index in [4.69, 9.17) is 5.73 Å². The van der Waals surface area contributed by atoms with Crippen LogP contribution in [0.4, 0.5) is 5.82 Å². The third-order valence-electron chi connectivity index (χ3n) is 1.99. The molecule has 0 fully saturated rings. The maximum Gasteiger partial charge on any atom is 0.128 e. The molecule has 0 bridgehead atoms. The van der Waals surface area contributed by atoms with Gasteiger partial charge < -0.3 is 10.6 Å². The molecule has 13 heavy (non-hydrogen) atoms. The van der Waals surface area contributed by atoms with Gasteiger partial charge in [-0.2, -0.15) is 0 Å². The fourth-order valence-corrected chi connectivity index (χ4v) is 1.19. The van der Waals surface area contributed by atoms with E-state index in [0.717, 1.165) is 31.7 Å². The van der Waals surface area contributed by atoms with Crippen LogP contribution in [0.2, 0.25) is 0 Å². The van der Waals surface area contributed by atoms with Crippen LogP contribution >= 0.6 is 0 Å². The van der Waals surface area contributed by atoms with Gasteiger partial charge in [0, 0.05) is 19.8 Å². The Kier molecular flexibility index (Phi) is 4.26. The first-order chi connectivity index (χ1) is 6.34. The van der Waals surface area contributed by atoms with Gasteiger partial charge in [0.2, 0.25) is 0 Å². The van der Waals surface area contributed by atoms with Crippen molar-refractivity contribution in [3.63, 3.8) is 0 Å². The quantitative estimate of drug-likeness (QED) is 0.692. The molecule has 1 aromatic rings. The van der Waals surface area contributed by atoms with Crippen molar-refractivity contribution < 1.29 is 0 Å². The highest BCUT2D eigenvalue weighted by Crippen LogP contribution is 2.06. The van der Waals surface area contributed by atoms with E-state index in [1.807, 2.05) is 24.4 Å². The first-order valence-electron chi connectivity index (χ1n) is 4.67. The highest BCUT2D eigenvalue weighted by atomic mass is 15.2. The van der Waals surface area contributed by atoms with Crippen LogP contribution in [0.15, 0.2) is 24.4 Å². The number of unbranched alkanes of at least 4 members (excludes halogenated alkanes) is 1. The lowest BCUT2D eigenvalue weighted by atomic mass is 10.3. The Morgan fingerprint density at radius 2 is 2.23 bits per heavy atom. The maximum atomic E-state index is 5.42. The summed E-state index contributed by atoms with van der Waals surface area (Å²) in [6, 6.07) is 5.95. The maximum absolute atomic E-state index is 5.42. The van der Waals surface area contributed by atoms with Crippen LogP contribution in [0.3, 0.4) is 0 Å². The number of aromatic nitrogens is 1. The Labute approximate surface area is 79.6 Å². The molecule has 0 radical (unpaired) electrons. The first kappa shape index (κ1) is 9.99. The molecule has 3 nitrogen and oxygen atoms in total. The predicted molar refractivity (Wildman–Crippen MR) is 55.8 cm³/mol. The summed E-state index contributed by atoms with van der Waals surface area (Å²) in [5, 5.41) is 0. The van der Waals surface area contributed by atoms with Crippen molar-refractivity contribution in [2.75, 3.05) is 25.0 Å². The molecule has 72 valence electrons. The van der Waals surface area contributed by atoms with Crippen molar-refractivity contribution in [3.05, 3.63) is 24.4 Å². The van der Waals surface area contributed by atoms with E-state index >= 15 is 0 Å². The van der Waals surface area contributed by atoms with Gasteiger partial charge in [-0.3, -0.25) is 0 Å². The Morgan fingerprint density at radius 3 is 2.85 bits per heavy atom. The summed E-state index contributed by atoms with van der Waals surface area (Å²) >= 11 is 0. The summed E-state index contributed by atoms with van der Waals surface area (Å²) < 4.78 is 0. The number of nitrogens with zero attached hydrogens (tertiary/aromatic N) is 2. The second-order valence-corrected chi connectivity index (χ2v) is 3.11. The fourth-order valence-electron chi connectivity index (χ4n) is 1.19. The SMILES string of the molecule is CN(CCCCN)c1ccccn1. The lowest BCUT2D eigenvalue weighted by molar-refractivity contribution is 0.723. The van der Waals surface area contributed by atoms with Gasteiger partial charge in [0.25, 0.3) is 0 Å². The predicted octanol–water partition coefficient (Wildman–Crippen LogP) is 1.26. The average molecular weight is 179 g/mol. The molecule has 0 spiro atoms. The first-order valence-corrected chi connectivity index (χ1v) is 4.67. The minimum absolute atomic E-state index is 0.774. The van der Waals surface area contributed by atoms with Gasteiger partial charge in [-0.05, 0) is 31.5 Å². The van der Waals surface area contributed by atoms with E-state index in [9.17, 15) is 0 Å². The molecule has 0 atom stereocenters. The van der Waals surface area contributed by atoms with E-state index in [-0.39, 0.29) is 0 Å². The molecule has 0 amide bonds. The third-order valence-corrected chi connectivity index (χ3v) is 1.99. The second kappa shape index (κ2) is 5.54. The highest BCUT2D eigenvalue weighted by molar-refractivity contribution is 5.35. The van der Waals surface area contributed by atoms with Gasteiger partial charge in [0.15, 0.2) is 0 Å². The van der Waals surface area contributed by atoms with Crippen LogP contribution in [0.5, 0.6) is 0 Å². The zero-order valence-electron chi connectivity index (χ0n) is 8.11. The Morgan fingerprint density at radius 1 is 1.38 bits per heavy atom. The van der Waals surface area contributed by atoms with Crippen molar-refractivity contribution in [2.24, 2.45) is 5.73 Å². The molecule has 2 N–H and O–H groups in total. The highest BCUT2D eigenvalue weighted by Gasteiger charge is 1.99. The summed E-state index contributed by atoms with van der Waals surface area (Å²) in [6.45, 7) is 1.80. The van der Waals surface area contributed by atoms with Gasteiger partial charge in [0.1, 0.15) is 5.82 Å². The van der Waals surface area contributed by atoms with Gasteiger partial charge in [0.05, 0.1) is 0 Å². The molecule has 0 unspecified atom stereocenters. The van der Waals surface area contributed by atoms with Crippen LogP contribution in [0.1, 0.15) is 12.8 Å². The molecule has 0 saturated carbocycles. The number of pyridine rings is 1. The van der Waals surface area contributed by atoms with E-state index in [0.29, 0.717) is 0 Å². The molecular formula is C10H17N3. The zero-order valence-corrected chi connectivity index (χ0v) is 8.11. The summed E-state index contributed by atoms with van der Waals surface area (Å²) in [4.78, 5) is 6.40. The number of hydrogen-bond acceptors (Lipinski definition) is 3. The van der Waals surface area contributed by atoms with E-state index < -0.39 is 0 Å². The normalized spacial score (nSPS) is 10.0. The largest absolute Gasteiger partial charge is 0.360 e. The number of nitrogens with two attached hydrogens (primary N) is 1. The number of anilines is 1. The van der Waals surface area contributed by atoms with Gasteiger partial charge in [-0.15, -0.1) is 0 Å². The smallest absolute Gasteiger partial charge is 0.128 e. The molecule has 0 aliphatic heterocycles. The van der Waals surface area contributed by atoms with Gasteiger partial charge >= 0.3 is 0 Å². The van der Waals surface area contributed by atoms with Crippen molar-refractivity contribution >= 4 is 5.82 Å². The molecule has 1 rings (SSSR count). The number of hydrogen-bond donors (Lipinski definition) is 1. The van der Waals surface area contributed by atoms with Crippen LogP contribution in [-0.4, -0.2) is 25.1 Å². The lowest BCUT2D eigenvalue weighted by Gasteiger charge is -2.17. The van der Waals surface area contributed by atoms with Crippen molar-refractivity contribution in [2.45, 2.75) is 12.8 Å². The molecule has 1 heterocycles. The molecule has 0 aromatic carbocycles. The summed E-state index contributed by atoms with van der Waals surface area (Å²) in [6.07, 6.45) is 4.02. The van der Waals surface area contributed by atoms with Crippen molar-refractivity contribution in [3.8, 4) is 0 Å². The van der Waals surface area contributed by atoms with Crippen LogP contribution in [0, 0.1) is 0 Å².